The molecule has 1 aromatic heterocycles. The number of ether oxygens (including phenoxy) is 1. The van der Waals surface area contributed by atoms with Gasteiger partial charge in [0.1, 0.15) is 5.75 Å². The van der Waals surface area contributed by atoms with Crippen molar-refractivity contribution in [3.8, 4) is 5.75 Å². The summed E-state index contributed by atoms with van der Waals surface area (Å²) < 4.78 is 7.70. The Balaban J connectivity index is 1.49. The van der Waals surface area contributed by atoms with Gasteiger partial charge in [0.15, 0.2) is 0 Å². The second-order valence-electron chi connectivity index (χ2n) is 6.07. The molecule has 1 saturated heterocycles. The van der Waals surface area contributed by atoms with Gasteiger partial charge in [-0.15, -0.1) is 0 Å². The van der Waals surface area contributed by atoms with E-state index in [9.17, 15) is 0 Å². The maximum absolute atomic E-state index is 5.34. The van der Waals surface area contributed by atoms with Crippen LogP contribution in [0.25, 0.3) is 0 Å². The molecular formula is C17H21N3O. The Bertz CT molecular complexity index is 632. The summed E-state index contributed by atoms with van der Waals surface area (Å²) in [5, 5.41) is 0. The van der Waals surface area contributed by atoms with Crippen LogP contribution in [0, 0.1) is 0 Å². The van der Waals surface area contributed by atoms with Gasteiger partial charge in [0.05, 0.1) is 19.1 Å². The largest absolute Gasteiger partial charge is 0.497 e. The Hall–Kier alpha value is -1.81. The number of imidazole rings is 1. The normalized spacial score (nSPS) is 22.0. The summed E-state index contributed by atoms with van der Waals surface area (Å²) in [6.45, 7) is 2.16. The van der Waals surface area contributed by atoms with Gasteiger partial charge in [-0.3, -0.25) is 4.90 Å². The van der Waals surface area contributed by atoms with Crippen molar-refractivity contribution in [2.45, 2.75) is 37.9 Å². The molecule has 2 aromatic rings. The lowest BCUT2D eigenvalue weighted by molar-refractivity contribution is 0.0788. The second-order valence-corrected chi connectivity index (χ2v) is 6.07. The zero-order chi connectivity index (χ0) is 14.2. The number of aromatic nitrogens is 2. The second kappa shape index (κ2) is 5.19. The molecule has 0 bridgehead atoms. The van der Waals surface area contributed by atoms with E-state index in [1.54, 1.807) is 7.11 Å². The van der Waals surface area contributed by atoms with Gasteiger partial charge in [-0.05, 0) is 37.0 Å². The van der Waals surface area contributed by atoms with Crippen LogP contribution in [-0.2, 0) is 6.54 Å². The third-order valence-electron chi connectivity index (χ3n) is 4.66. The fourth-order valence-electron chi connectivity index (χ4n) is 3.20. The van der Waals surface area contributed by atoms with Crippen LogP contribution in [0.3, 0.4) is 0 Å². The van der Waals surface area contributed by atoms with E-state index in [2.05, 4.69) is 32.7 Å². The maximum atomic E-state index is 5.34. The summed E-state index contributed by atoms with van der Waals surface area (Å²) in [6.07, 6.45) is 7.86. The average molecular weight is 283 g/mol. The van der Waals surface area contributed by atoms with Crippen LogP contribution in [-0.4, -0.2) is 28.1 Å². The van der Waals surface area contributed by atoms with Crippen molar-refractivity contribution in [2.24, 2.45) is 0 Å². The van der Waals surface area contributed by atoms with E-state index < -0.39 is 0 Å². The lowest BCUT2D eigenvalue weighted by Crippen LogP contribution is -2.40. The first-order valence-electron chi connectivity index (χ1n) is 7.74. The fraction of sp³-hybridized carbons (Fsp3) is 0.471. The molecule has 1 atom stereocenters. The highest BCUT2D eigenvalue weighted by Gasteiger charge is 2.32. The molecule has 0 spiro atoms. The lowest BCUT2D eigenvalue weighted by Gasteiger charge is -2.41. The number of hydrogen-bond donors (Lipinski definition) is 0. The zero-order valence-corrected chi connectivity index (χ0v) is 12.4. The van der Waals surface area contributed by atoms with E-state index in [0.29, 0.717) is 12.1 Å². The van der Waals surface area contributed by atoms with Crippen LogP contribution in [0.2, 0.25) is 0 Å². The van der Waals surface area contributed by atoms with Gasteiger partial charge in [-0.25, -0.2) is 4.98 Å². The van der Waals surface area contributed by atoms with Gasteiger partial charge in [-0.2, -0.15) is 0 Å². The van der Waals surface area contributed by atoms with Gasteiger partial charge >= 0.3 is 0 Å². The highest BCUT2D eigenvalue weighted by atomic mass is 16.5. The molecule has 4 rings (SSSR count). The molecule has 0 unspecified atom stereocenters. The molecular weight excluding hydrogens is 262 g/mol. The Morgan fingerprint density at radius 2 is 2.19 bits per heavy atom. The first kappa shape index (κ1) is 12.9. The summed E-state index contributed by atoms with van der Waals surface area (Å²) in [4.78, 5) is 6.87. The van der Waals surface area contributed by atoms with Crippen molar-refractivity contribution in [3.63, 3.8) is 0 Å². The molecule has 2 fully saturated rings. The topological polar surface area (TPSA) is 30.3 Å². The van der Waals surface area contributed by atoms with Crippen molar-refractivity contribution in [3.05, 3.63) is 48.0 Å². The number of benzene rings is 1. The van der Waals surface area contributed by atoms with Gasteiger partial charge in [0.25, 0.3) is 0 Å². The molecule has 0 amide bonds. The lowest BCUT2D eigenvalue weighted by atomic mass is 9.94. The summed E-state index contributed by atoms with van der Waals surface area (Å²) in [5.74, 6) is 0.947. The Morgan fingerprint density at radius 1 is 1.29 bits per heavy atom. The number of likely N-dealkylation sites (tertiary alicyclic amines) is 1. The minimum absolute atomic E-state index is 0.516. The van der Waals surface area contributed by atoms with Crippen molar-refractivity contribution in [1.82, 2.24) is 14.5 Å². The van der Waals surface area contributed by atoms with Crippen molar-refractivity contribution in [2.75, 3.05) is 13.7 Å². The molecule has 21 heavy (non-hydrogen) atoms. The molecule has 1 aliphatic heterocycles. The fourth-order valence-corrected chi connectivity index (χ4v) is 3.20. The molecule has 1 aliphatic carbocycles. The van der Waals surface area contributed by atoms with Crippen molar-refractivity contribution >= 4 is 0 Å². The predicted octanol–water partition coefficient (Wildman–Crippen LogP) is 3.17. The van der Waals surface area contributed by atoms with E-state index in [1.807, 2.05) is 18.6 Å². The molecule has 1 aromatic carbocycles. The smallest absolute Gasteiger partial charge is 0.119 e. The Morgan fingerprint density at radius 3 is 2.90 bits per heavy atom. The molecule has 2 aliphatic rings. The number of rotatable bonds is 5. The van der Waals surface area contributed by atoms with Crippen LogP contribution in [0.1, 0.15) is 42.6 Å². The quantitative estimate of drug-likeness (QED) is 0.844. The minimum Gasteiger partial charge on any atom is -0.497 e. The summed E-state index contributed by atoms with van der Waals surface area (Å²) >= 11 is 0. The van der Waals surface area contributed by atoms with Gasteiger partial charge in [-0.1, -0.05) is 12.1 Å². The monoisotopic (exact) mass is 283 g/mol. The molecule has 110 valence electrons. The molecule has 4 nitrogen and oxygen atoms in total. The molecule has 1 saturated carbocycles. The molecule has 0 N–H and O–H groups in total. The Kier molecular flexibility index (Phi) is 3.19. The van der Waals surface area contributed by atoms with Gasteiger partial charge < -0.3 is 9.30 Å². The van der Waals surface area contributed by atoms with Gasteiger partial charge in [0, 0.05) is 31.4 Å². The van der Waals surface area contributed by atoms with Crippen molar-refractivity contribution < 1.29 is 4.74 Å². The van der Waals surface area contributed by atoms with Crippen LogP contribution in [0.4, 0.5) is 0 Å². The molecule has 4 heteroatoms. The minimum atomic E-state index is 0.516. The number of methoxy groups -OCH3 is 1. The summed E-state index contributed by atoms with van der Waals surface area (Å²) in [5.41, 5.74) is 2.71. The van der Waals surface area contributed by atoms with Crippen LogP contribution < -0.4 is 4.74 Å². The maximum Gasteiger partial charge on any atom is 0.119 e. The first-order valence-corrected chi connectivity index (χ1v) is 7.74. The van der Waals surface area contributed by atoms with Crippen LogP contribution in [0.15, 0.2) is 36.8 Å². The summed E-state index contributed by atoms with van der Waals surface area (Å²) in [6, 6.07) is 9.68. The number of nitrogens with zero attached hydrogens (tertiary/aromatic N) is 3. The van der Waals surface area contributed by atoms with Crippen molar-refractivity contribution in [1.29, 1.82) is 0 Å². The Labute approximate surface area is 125 Å². The summed E-state index contributed by atoms with van der Waals surface area (Å²) in [7, 11) is 1.73. The SMILES string of the molecule is COc1cccc([C@@H]2CCN2Cc2cncn2C2CC2)c1. The van der Waals surface area contributed by atoms with Gasteiger partial charge in [0.2, 0.25) is 0 Å². The van der Waals surface area contributed by atoms with E-state index in [1.165, 1.54) is 30.5 Å². The predicted molar refractivity (Wildman–Crippen MR) is 81.3 cm³/mol. The third-order valence-corrected chi connectivity index (χ3v) is 4.66. The highest BCUT2D eigenvalue weighted by molar-refractivity contribution is 5.31. The van der Waals surface area contributed by atoms with E-state index >= 15 is 0 Å². The highest BCUT2D eigenvalue weighted by Crippen LogP contribution is 2.38. The third kappa shape index (κ3) is 2.44. The number of hydrogen-bond acceptors (Lipinski definition) is 3. The first-order chi connectivity index (χ1) is 10.3. The zero-order valence-electron chi connectivity index (χ0n) is 12.4. The van der Waals surface area contributed by atoms with E-state index in [4.69, 9.17) is 4.74 Å². The molecule has 2 heterocycles. The average Bonchev–Trinajstić information content (AvgIpc) is 3.23. The van der Waals surface area contributed by atoms with E-state index in [0.717, 1.165) is 18.8 Å². The van der Waals surface area contributed by atoms with Crippen LogP contribution in [0.5, 0.6) is 5.75 Å². The van der Waals surface area contributed by atoms with E-state index in [-0.39, 0.29) is 0 Å². The molecule has 0 radical (unpaired) electrons. The van der Waals surface area contributed by atoms with Crippen LogP contribution >= 0.6 is 0 Å². The standard InChI is InChI=1S/C17H21N3O/c1-21-16-4-2-3-13(9-16)17-7-8-19(17)11-15-10-18-12-20(15)14-5-6-14/h2-4,9-10,12,14,17H,5-8,11H2,1H3/t17-/m0/s1.